The summed E-state index contributed by atoms with van der Waals surface area (Å²) < 4.78 is 0. The van der Waals surface area contributed by atoms with E-state index in [-0.39, 0.29) is 122 Å². The molecule has 0 aromatic carbocycles. The molecule has 0 N–H and O–H groups in total. The van der Waals surface area contributed by atoms with E-state index < -0.39 is 0 Å². The van der Waals surface area contributed by atoms with E-state index in [1.807, 2.05) is 0 Å². The van der Waals surface area contributed by atoms with Gasteiger partial charge in [0, 0.05) is 32.7 Å². The average molecular weight is 452 g/mol. The summed E-state index contributed by atoms with van der Waals surface area (Å²) in [4.78, 5) is 0. The summed E-state index contributed by atoms with van der Waals surface area (Å²) >= 11 is 0. The van der Waals surface area contributed by atoms with E-state index in [0.717, 1.165) is 12.8 Å². The molecule has 0 aliphatic carbocycles. The Morgan fingerprint density at radius 3 is 0.800 bits per heavy atom. The molecule has 25 heavy (non-hydrogen) atoms. The Labute approximate surface area is 200 Å². The molecular weight excluding hydrogens is 377 g/mol. The second kappa shape index (κ2) is 176. The van der Waals surface area contributed by atoms with Crippen LogP contribution >= 0.6 is 0 Å². The molecule has 0 aromatic heterocycles. The molecule has 0 aliphatic heterocycles. The minimum Gasteiger partial charge on any atom is -0.343 e. The predicted molar refractivity (Wildman–Crippen MR) is 140 cm³/mol. The van der Waals surface area contributed by atoms with Crippen LogP contribution in [0.3, 0.4) is 0 Å². The molecule has 0 atom stereocenters. The molecular formula is C24H74Y-2. The topological polar surface area (TPSA) is 0 Å². The third-order valence-electron chi connectivity index (χ3n) is 1.71. The van der Waals surface area contributed by atoms with E-state index in [1.54, 1.807) is 0 Å². The summed E-state index contributed by atoms with van der Waals surface area (Å²) in [6.07, 6.45) is 10.3. The van der Waals surface area contributed by atoms with Crippen molar-refractivity contribution in [3.8, 4) is 0 Å². The molecule has 0 rings (SSSR count). The fourth-order valence-electron chi connectivity index (χ4n) is 0.780. The van der Waals surface area contributed by atoms with Gasteiger partial charge < -0.3 is 13.8 Å². The molecule has 175 valence electrons. The third kappa shape index (κ3) is 266. The van der Waals surface area contributed by atoms with Gasteiger partial charge in [-0.05, 0) is 0 Å². The van der Waals surface area contributed by atoms with Crippen LogP contribution in [0.1, 0.15) is 154 Å². The van der Waals surface area contributed by atoms with Gasteiger partial charge in [0.2, 0.25) is 0 Å². The van der Waals surface area contributed by atoms with Gasteiger partial charge in [-0.15, -0.1) is 0 Å². The molecule has 1 radical (unpaired) electrons. The van der Waals surface area contributed by atoms with Gasteiger partial charge in [-0.3, -0.25) is 0 Å². The van der Waals surface area contributed by atoms with Gasteiger partial charge in [-0.1, -0.05) is 141 Å². The van der Waals surface area contributed by atoms with Crippen molar-refractivity contribution in [2.24, 2.45) is 0 Å². The number of hydrogen-bond donors (Lipinski definition) is 0. The molecule has 0 amide bonds. The fourth-order valence-corrected chi connectivity index (χ4v) is 0.780. The molecule has 0 heterocycles. The fraction of sp³-hybridized carbons (Fsp3) is 0.917. The van der Waals surface area contributed by atoms with Crippen molar-refractivity contribution in [2.45, 2.75) is 154 Å². The molecule has 0 nitrogen and oxygen atoms in total. The maximum absolute atomic E-state index is 3.78. The van der Waals surface area contributed by atoms with Gasteiger partial charge >= 0.3 is 0 Å². The van der Waals surface area contributed by atoms with E-state index in [2.05, 4.69) is 27.7 Å². The summed E-state index contributed by atoms with van der Waals surface area (Å²) in [7, 11) is 0. The van der Waals surface area contributed by atoms with Crippen molar-refractivity contribution in [1.82, 2.24) is 0 Å². The summed E-state index contributed by atoms with van der Waals surface area (Å²) in [6.45, 7) is 11.7. The van der Waals surface area contributed by atoms with Crippen LogP contribution in [0.25, 0.3) is 0 Å². The average Bonchev–Trinajstić information content (AvgIpc) is 2.13. The van der Waals surface area contributed by atoms with Crippen LogP contribution in [-0.2, 0) is 32.7 Å². The Morgan fingerprint density at radius 2 is 0.640 bits per heavy atom. The molecule has 0 aromatic rings. The van der Waals surface area contributed by atoms with E-state index >= 15 is 0 Å². The molecule has 1 heteroatoms. The Hall–Kier alpha value is 1.10. The third-order valence-corrected chi connectivity index (χ3v) is 1.71. The molecule has 0 aliphatic rings. The number of unbranched alkanes of at least 4 members (excludes halogenated alkanes) is 6. The van der Waals surface area contributed by atoms with Crippen LogP contribution < -0.4 is 0 Å². The van der Waals surface area contributed by atoms with Gasteiger partial charge in [-0.2, -0.15) is 12.8 Å². The number of rotatable bonds is 6. The molecule has 0 spiro atoms. The van der Waals surface area contributed by atoms with Gasteiger partial charge in [0.15, 0.2) is 0 Å². The van der Waals surface area contributed by atoms with Crippen LogP contribution in [0.4, 0.5) is 0 Å². The standard InChI is InChI=1S/C8H17.C4H9.12CH4.Y/c1-3-5-7-8-6-4-2;1-3-4-2;;;;;;;;;;;;;/h1,3-8H2,2H3;1,3-4H2,2H3;12*1H4;/q2*-1;;;;;;;;;;;;;. The van der Waals surface area contributed by atoms with Crippen LogP contribution in [0.5, 0.6) is 0 Å². The normalized spacial score (nSPS) is 4.32. The molecule has 0 fully saturated rings. The van der Waals surface area contributed by atoms with Crippen LogP contribution in [0.2, 0.25) is 0 Å². The van der Waals surface area contributed by atoms with Crippen LogP contribution in [0, 0.1) is 13.8 Å². The molecule has 0 bridgehead atoms. The Kier molecular flexibility index (Phi) is 939. The van der Waals surface area contributed by atoms with Gasteiger partial charge in [-0.25, -0.2) is 0 Å². The molecule has 0 saturated heterocycles. The molecule has 0 saturated carbocycles. The van der Waals surface area contributed by atoms with Gasteiger partial charge in [0.25, 0.3) is 0 Å². The van der Waals surface area contributed by atoms with Crippen molar-refractivity contribution in [3.63, 3.8) is 0 Å². The quantitative estimate of drug-likeness (QED) is 0.278. The minimum absolute atomic E-state index is 0. The maximum Gasteiger partial charge on any atom is 0 e. The van der Waals surface area contributed by atoms with Crippen molar-refractivity contribution in [3.05, 3.63) is 13.8 Å². The van der Waals surface area contributed by atoms with Crippen molar-refractivity contribution in [2.75, 3.05) is 0 Å². The summed E-state index contributed by atoms with van der Waals surface area (Å²) in [5.74, 6) is 0. The van der Waals surface area contributed by atoms with Gasteiger partial charge in [0.1, 0.15) is 0 Å². The first-order chi connectivity index (χ1) is 5.83. The number of hydrogen-bond acceptors (Lipinski definition) is 0. The van der Waals surface area contributed by atoms with Crippen LogP contribution in [0.15, 0.2) is 0 Å². The van der Waals surface area contributed by atoms with Crippen molar-refractivity contribution < 1.29 is 32.7 Å². The first-order valence-electron chi connectivity index (χ1n) is 5.41. The minimum atomic E-state index is 0. The zero-order valence-electron chi connectivity index (χ0n) is 9.65. The monoisotopic (exact) mass is 451 g/mol. The Balaban J connectivity index is -0.00000000427. The first kappa shape index (κ1) is 133. The second-order valence-corrected chi connectivity index (χ2v) is 3.12. The SMILES string of the molecule is C.C.C.C.C.C.C.C.C.C.C.C.[CH2-]CCC.[CH2-]CCCCCCC.[Y]. The first-order valence-corrected chi connectivity index (χ1v) is 5.41. The molecule has 0 unspecified atom stereocenters. The van der Waals surface area contributed by atoms with E-state index in [9.17, 15) is 0 Å². The van der Waals surface area contributed by atoms with E-state index in [0.29, 0.717) is 0 Å². The Bertz CT molecular complexity index is 46.1. The second-order valence-electron chi connectivity index (χ2n) is 3.12. The van der Waals surface area contributed by atoms with Gasteiger partial charge in [0.05, 0.1) is 0 Å². The Morgan fingerprint density at radius 1 is 0.400 bits per heavy atom. The summed E-state index contributed by atoms with van der Waals surface area (Å²) in [6, 6.07) is 0. The van der Waals surface area contributed by atoms with E-state index in [1.165, 1.54) is 38.5 Å². The predicted octanol–water partition coefficient (Wildman–Crippen LogP) is 12.4. The smallest absolute Gasteiger partial charge is 0 e. The largest absolute Gasteiger partial charge is 0.343 e. The van der Waals surface area contributed by atoms with E-state index in [4.69, 9.17) is 0 Å². The van der Waals surface area contributed by atoms with Crippen molar-refractivity contribution in [1.29, 1.82) is 0 Å². The zero-order valence-corrected chi connectivity index (χ0v) is 12.5. The van der Waals surface area contributed by atoms with Crippen molar-refractivity contribution >= 4 is 0 Å². The summed E-state index contributed by atoms with van der Waals surface area (Å²) in [5.41, 5.74) is 0. The van der Waals surface area contributed by atoms with Crippen LogP contribution in [-0.4, -0.2) is 0 Å². The summed E-state index contributed by atoms with van der Waals surface area (Å²) in [5, 5.41) is 0. The maximum atomic E-state index is 3.78. The zero-order chi connectivity index (χ0) is 9.66.